The molecule has 1 atom stereocenters. The highest BCUT2D eigenvalue weighted by atomic mass is 79.9. The fourth-order valence-electron chi connectivity index (χ4n) is 2.22. The van der Waals surface area contributed by atoms with Crippen LogP contribution in [0.15, 0.2) is 20.1 Å². The third kappa shape index (κ3) is 2.80. The number of piperidine rings is 1. The molecule has 1 fully saturated rings. The van der Waals surface area contributed by atoms with Crippen LogP contribution in [0.5, 0.6) is 0 Å². The Bertz CT molecular complexity index is 505. The lowest BCUT2D eigenvalue weighted by Crippen LogP contribution is -2.42. The summed E-state index contributed by atoms with van der Waals surface area (Å²) in [4.78, 5) is 0. The summed E-state index contributed by atoms with van der Waals surface area (Å²) in [5, 5.41) is 1.78. The molecular formula is C11H17BrN2O2S2. The highest BCUT2D eigenvalue weighted by Crippen LogP contribution is 2.32. The van der Waals surface area contributed by atoms with Gasteiger partial charge >= 0.3 is 0 Å². The van der Waals surface area contributed by atoms with Gasteiger partial charge in [-0.25, -0.2) is 8.42 Å². The number of hydrogen-bond acceptors (Lipinski definition) is 4. The van der Waals surface area contributed by atoms with Crippen LogP contribution >= 0.6 is 27.3 Å². The van der Waals surface area contributed by atoms with Crippen molar-refractivity contribution < 1.29 is 8.42 Å². The molecule has 0 spiro atoms. The van der Waals surface area contributed by atoms with E-state index >= 15 is 0 Å². The van der Waals surface area contributed by atoms with E-state index in [1.165, 1.54) is 11.3 Å². The molecule has 1 aliphatic heterocycles. The van der Waals surface area contributed by atoms with Crippen molar-refractivity contribution in [3.05, 3.63) is 15.9 Å². The van der Waals surface area contributed by atoms with Gasteiger partial charge in [-0.2, -0.15) is 4.31 Å². The summed E-state index contributed by atoms with van der Waals surface area (Å²) >= 11 is 4.54. The normalized spacial score (nSPS) is 21.1. The zero-order valence-electron chi connectivity index (χ0n) is 10.2. The Hall–Kier alpha value is 0.0500. The minimum atomic E-state index is -3.33. The van der Waals surface area contributed by atoms with Crippen molar-refractivity contribution in [3.63, 3.8) is 0 Å². The molecule has 0 radical (unpaired) electrons. The predicted octanol–water partition coefficient (Wildman–Crippen LogP) is 2.26. The van der Waals surface area contributed by atoms with Crippen molar-refractivity contribution in [3.8, 4) is 0 Å². The molecule has 102 valence electrons. The van der Waals surface area contributed by atoms with Crippen molar-refractivity contribution in [1.82, 2.24) is 4.31 Å². The van der Waals surface area contributed by atoms with E-state index in [0.717, 1.165) is 12.8 Å². The van der Waals surface area contributed by atoms with Gasteiger partial charge in [-0.05, 0) is 53.1 Å². The molecule has 4 nitrogen and oxygen atoms in total. The van der Waals surface area contributed by atoms with Crippen LogP contribution in [0.2, 0.25) is 0 Å². The van der Waals surface area contributed by atoms with Crippen LogP contribution in [0.1, 0.15) is 19.8 Å². The Morgan fingerprint density at radius 3 is 2.56 bits per heavy atom. The van der Waals surface area contributed by atoms with Gasteiger partial charge < -0.3 is 5.73 Å². The summed E-state index contributed by atoms with van der Waals surface area (Å²) in [6.45, 7) is 3.13. The Morgan fingerprint density at radius 2 is 2.11 bits per heavy atom. The number of nitrogens with zero attached hydrogens (tertiary/aromatic N) is 1. The second kappa shape index (κ2) is 5.58. The van der Waals surface area contributed by atoms with Crippen molar-refractivity contribution in [2.75, 3.05) is 13.1 Å². The third-order valence-electron chi connectivity index (χ3n) is 3.40. The second-order valence-electron chi connectivity index (χ2n) is 4.66. The minimum absolute atomic E-state index is 0.142. The van der Waals surface area contributed by atoms with Crippen molar-refractivity contribution in [2.24, 2.45) is 11.7 Å². The van der Waals surface area contributed by atoms with Gasteiger partial charge in [-0.15, -0.1) is 11.3 Å². The van der Waals surface area contributed by atoms with Gasteiger partial charge in [0.05, 0.1) is 0 Å². The number of nitrogens with two attached hydrogens (primary N) is 1. The van der Waals surface area contributed by atoms with Gasteiger partial charge in [0.1, 0.15) is 4.21 Å². The number of rotatable bonds is 3. The van der Waals surface area contributed by atoms with E-state index in [4.69, 9.17) is 5.73 Å². The van der Waals surface area contributed by atoms with E-state index in [2.05, 4.69) is 15.9 Å². The standard InChI is InChI=1S/C11H17BrN2O2S2/c1-8(13)9-2-5-14(6-3-9)18(15,16)11-10(12)4-7-17-11/h4,7-9H,2-3,5-6,13H2,1H3. The van der Waals surface area contributed by atoms with Gasteiger partial charge in [0.15, 0.2) is 0 Å². The first-order chi connectivity index (χ1) is 8.43. The summed E-state index contributed by atoms with van der Waals surface area (Å²) in [5.41, 5.74) is 5.87. The summed E-state index contributed by atoms with van der Waals surface area (Å²) in [7, 11) is -3.33. The third-order valence-corrected chi connectivity index (χ3v) is 7.95. The lowest BCUT2D eigenvalue weighted by molar-refractivity contribution is 0.251. The number of sulfonamides is 1. The summed E-state index contributed by atoms with van der Waals surface area (Å²) in [5.74, 6) is 0.434. The molecule has 0 aliphatic carbocycles. The Kier molecular flexibility index (Phi) is 4.48. The van der Waals surface area contributed by atoms with E-state index in [-0.39, 0.29) is 6.04 Å². The molecule has 0 amide bonds. The van der Waals surface area contributed by atoms with Crippen LogP contribution in [0.25, 0.3) is 0 Å². The smallest absolute Gasteiger partial charge is 0.253 e. The lowest BCUT2D eigenvalue weighted by Gasteiger charge is -2.32. The lowest BCUT2D eigenvalue weighted by atomic mass is 9.92. The first-order valence-corrected chi connectivity index (χ1v) is 9.03. The van der Waals surface area contributed by atoms with Crippen molar-refractivity contribution in [2.45, 2.75) is 30.0 Å². The van der Waals surface area contributed by atoms with Crippen LogP contribution < -0.4 is 5.73 Å². The van der Waals surface area contributed by atoms with E-state index in [1.807, 2.05) is 6.92 Å². The average Bonchev–Trinajstić information content (AvgIpc) is 2.76. The van der Waals surface area contributed by atoms with Crippen LogP contribution in [-0.4, -0.2) is 31.9 Å². The first-order valence-electron chi connectivity index (χ1n) is 5.91. The Labute approximate surface area is 120 Å². The number of halogens is 1. The predicted molar refractivity (Wildman–Crippen MR) is 77.2 cm³/mol. The molecular weight excluding hydrogens is 336 g/mol. The molecule has 7 heteroatoms. The maximum Gasteiger partial charge on any atom is 0.253 e. The van der Waals surface area contributed by atoms with Gasteiger partial charge in [0.2, 0.25) is 0 Å². The zero-order chi connectivity index (χ0) is 13.3. The Balaban J connectivity index is 2.12. The molecule has 0 aromatic carbocycles. The highest BCUT2D eigenvalue weighted by Gasteiger charge is 2.32. The summed E-state index contributed by atoms with van der Waals surface area (Å²) in [6, 6.07) is 1.91. The van der Waals surface area contributed by atoms with E-state index in [9.17, 15) is 8.42 Å². The maximum absolute atomic E-state index is 12.4. The largest absolute Gasteiger partial charge is 0.328 e. The topological polar surface area (TPSA) is 63.4 Å². The fourth-order valence-corrected chi connectivity index (χ4v) is 6.14. The molecule has 1 unspecified atom stereocenters. The molecule has 1 aromatic heterocycles. The number of thiophene rings is 1. The molecule has 2 heterocycles. The SMILES string of the molecule is CC(N)C1CCN(S(=O)(=O)c2sccc2Br)CC1. The molecule has 1 aliphatic rings. The maximum atomic E-state index is 12.4. The van der Waals surface area contributed by atoms with E-state index in [0.29, 0.717) is 27.7 Å². The molecule has 1 aromatic rings. The molecule has 0 bridgehead atoms. The van der Waals surface area contributed by atoms with E-state index in [1.54, 1.807) is 15.8 Å². The van der Waals surface area contributed by atoms with E-state index < -0.39 is 10.0 Å². The van der Waals surface area contributed by atoms with Crippen LogP contribution in [-0.2, 0) is 10.0 Å². The van der Waals surface area contributed by atoms with Crippen LogP contribution in [0.4, 0.5) is 0 Å². The second-order valence-corrected chi connectivity index (χ2v) is 8.56. The monoisotopic (exact) mass is 352 g/mol. The van der Waals surface area contributed by atoms with Crippen LogP contribution in [0, 0.1) is 5.92 Å². The molecule has 2 N–H and O–H groups in total. The first kappa shape index (κ1) is 14.5. The molecule has 2 rings (SSSR count). The molecule has 18 heavy (non-hydrogen) atoms. The quantitative estimate of drug-likeness (QED) is 0.907. The average molecular weight is 353 g/mol. The van der Waals surface area contributed by atoms with Gasteiger partial charge in [-0.3, -0.25) is 0 Å². The van der Waals surface area contributed by atoms with Gasteiger partial charge in [0.25, 0.3) is 10.0 Å². The minimum Gasteiger partial charge on any atom is -0.328 e. The molecule has 1 saturated heterocycles. The van der Waals surface area contributed by atoms with Crippen LogP contribution in [0.3, 0.4) is 0 Å². The van der Waals surface area contributed by atoms with Gasteiger partial charge in [0, 0.05) is 23.6 Å². The van der Waals surface area contributed by atoms with Crippen molar-refractivity contribution >= 4 is 37.3 Å². The van der Waals surface area contributed by atoms with Crippen molar-refractivity contribution in [1.29, 1.82) is 0 Å². The summed E-state index contributed by atoms with van der Waals surface area (Å²) in [6.07, 6.45) is 1.69. The fraction of sp³-hybridized carbons (Fsp3) is 0.636. The summed E-state index contributed by atoms with van der Waals surface area (Å²) < 4.78 is 27.5. The highest BCUT2D eigenvalue weighted by molar-refractivity contribution is 9.10. The zero-order valence-corrected chi connectivity index (χ0v) is 13.4. The molecule has 0 saturated carbocycles. The number of hydrogen-bond donors (Lipinski definition) is 1. The van der Waals surface area contributed by atoms with Gasteiger partial charge in [-0.1, -0.05) is 0 Å². The Morgan fingerprint density at radius 1 is 1.50 bits per heavy atom.